The van der Waals surface area contributed by atoms with Crippen molar-refractivity contribution in [2.75, 3.05) is 24.2 Å². The zero-order chi connectivity index (χ0) is 30.2. The number of benzene rings is 3. The van der Waals surface area contributed by atoms with Crippen LogP contribution in [0.1, 0.15) is 51.6 Å². The molecule has 0 saturated heterocycles. The molecule has 0 aliphatic rings. The predicted octanol–water partition coefficient (Wildman–Crippen LogP) is 5.69. The zero-order valence-electron chi connectivity index (χ0n) is 24.3. The summed E-state index contributed by atoms with van der Waals surface area (Å²) in [5.41, 5.74) is 5.17. The number of nitrogens with zero attached hydrogens (tertiary/aromatic N) is 4. The Balaban J connectivity index is 1.59. The number of nitrogens with one attached hydrogen (secondary N) is 2. The van der Waals surface area contributed by atoms with Gasteiger partial charge in [-0.1, -0.05) is 43.7 Å². The molecule has 9 nitrogen and oxygen atoms in total. The molecule has 42 heavy (non-hydrogen) atoms. The highest BCUT2D eigenvalue weighted by Gasteiger charge is 2.16. The lowest BCUT2D eigenvalue weighted by Gasteiger charge is -2.16. The van der Waals surface area contributed by atoms with Gasteiger partial charge in [0.05, 0.1) is 11.8 Å². The van der Waals surface area contributed by atoms with Gasteiger partial charge >= 0.3 is 0 Å². The average molecular weight is 563 g/mol. The minimum absolute atomic E-state index is 0.0118. The van der Waals surface area contributed by atoms with Crippen LogP contribution in [-0.4, -0.2) is 39.9 Å². The quantitative estimate of drug-likeness (QED) is 0.240. The summed E-state index contributed by atoms with van der Waals surface area (Å²) >= 11 is 0. The standard InChI is InChI=1S/C33H34N6O3/c1-5-6-10-23-11-7-8-12-27(23)31(40)37-28-14-9-13-26(22(28)2)29-21-39(4)33(42)30(36-29)35-25-17-15-24(16-18-25)32(41)38(3)20-19-34/h7-9,11-18,21H,5-6,10,20H2,1-4H3,(H,35,36)(H,37,40). The Morgan fingerprint density at radius 1 is 1.05 bits per heavy atom. The zero-order valence-corrected chi connectivity index (χ0v) is 24.3. The largest absolute Gasteiger partial charge is 0.336 e. The number of carbonyl (C=O) groups excluding carboxylic acids is 2. The van der Waals surface area contributed by atoms with Crippen LogP contribution in [0.25, 0.3) is 11.3 Å². The molecule has 214 valence electrons. The molecule has 0 saturated carbocycles. The lowest BCUT2D eigenvalue weighted by atomic mass is 10.0. The van der Waals surface area contributed by atoms with Crippen LogP contribution in [0.5, 0.6) is 0 Å². The Hall–Kier alpha value is -5.23. The van der Waals surface area contributed by atoms with Crippen molar-refractivity contribution in [3.05, 3.63) is 106 Å². The number of anilines is 3. The third kappa shape index (κ3) is 6.73. The highest BCUT2D eigenvalue weighted by atomic mass is 16.2. The average Bonchev–Trinajstić information content (AvgIpc) is 2.99. The van der Waals surface area contributed by atoms with Gasteiger partial charge in [-0.2, -0.15) is 5.26 Å². The molecule has 4 rings (SSSR count). The summed E-state index contributed by atoms with van der Waals surface area (Å²) in [5.74, 6) is -0.320. The van der Waals surface area contributed by atoms with Crippen molar-refractivity contribution in [1.29, 1.82) is 5.26 Å². The van der Waals surface area contributed by atoms with E-state index in [-0.39, 0.29) is 29.7 Å². The molecular formula is C33H34N6O3. The Labute approximate surface area is 245 Å². The fourth-order valence-electron chi connectivity index (χ4n) is 4.61. The first-order valence-electron chi connectivity index (χ1n) is 13.8. The Morgan fingerprint density at radius 3 is 2.50 bits per heavy atom. The number of nitriles is 1. The molecule has 4 aromatic rings. The number of unbranched alkanes of at least 4 members (excludes halogenated alkanes) is 1. The van der Waals surface area contributed by atoms with Crippen molar-refractivity contribution in [3.8, 4) is 17.3 Å². The normalized spacial score (nSPS) is 10.5. The van der Waals surface area contributed by atoms with Crippen LogP contribution in [0.3, 0.4) is 0 Å². The van der Waals surface area contributed by atoms with Crippen LogP contribution in [-0.2, 0) is 13.5 Å². The van der Waals surface area contributed by atoms with Gasteiger partial charge in [0.1, 0.15) is 6.54 Å². The van der Waals surface area contributed by atoms with E-state index in [2.05, 4.69) is 22.5 Å². The number of aryl methyl sites for hydroxylation is 2. The van der Waals surface area contributed by atoms with E-state index in [1.165, 1.54) is 9.47 Å². The number of amides is 2. The van der Waals surface area contributed by atoms with Gasteiger partial charge in [0.25, 0.3) is 17.4 Å². The minimum Gasteiger partial charge on any atom is -0.336 e. The molecule has 9 heteroatoms. The van der Waals surface area contributed by atoms with E-state index >= 15 is 0 Å². The van der Waals surface area contributed by atoms with Gasteiger partial charge < -0.3 is 20.1 Å². The van der Waals surface area contributed by atoms with E-state index in [9.17, 15) is 14.4 Å². The Morgan fingerprint density at radius 2 is 1.79 bits per heavy atom. The molecule has 0 aliphatic heterocycles. The van der Waals surface area contributed by atoms with E-state index in [0.717, 1.165) is 36.0 Å². The van der Waals surface area contributed by atoms with Gasteiger partial charge in [-0.05, 0) is 67.3 Å². The van der Waals surface area contributed by atoms with E-state index in [0.29, 0.717) is 28.2 Å². The van der Waals surface area contributed by atoms with Crippen LogP contribution in [0.4, 0.5) is 17.2 Å². The minimum atomic E-state index is -0.321. The second-order valence-corrected chi connectivity index (χ2v) is 10.1. The molecule has 1 heterocycles. The van der Waals surface area contributed by atoms with Crippen LogP contribution in [0, 0.1) is 18.3 Å². The summed E-state index contributed by atoms with van der Waals surface area (Å²) in [6.45, 7) is 4.03. The highest BCUT2D eigenvalue weighted by molar-refractivity contribution is 6.06. The number of rotatable bonds is 10. The molecule has 2 amide bonds. The fraction of sp³-hybridized carbons (Fsp3) is 0.242. The van der Waals surface area contributed by atoms with E-state index in [1.54, 1.807) is 44.6 Å². The van der Waals surface area contributed by atoms with E-state index in [1.807, 2.05) is 55.5 Å². The van der Waals surface area contributed by atoms with Crippen molar-refractivity contribution >= 4 is 29.0 Å². The number of carbonyl (C=O) groups is 2. The first-order chi connectivity index (χ1) is 20.2. The SMILES string of the molecule is CCCCc1ccccc1C(=O)Nc1cccc(-c2cn(C)c(=O)c(Nc3ccc(C(=O)N(C)CC#N)cc3)n2)c1C. The third-order valence-corrected chi connectivity index (χ3v) is 7.04. The number of hydrogen-bond donors (Lipinski definition) is 2. The van der Waals surface area contributed by atoms with Crippen molar-refractivity contribution in [1.82, 2.24) is 14.5 Å². The lowest BCUT2D eigenvalue weighted by molar-refractivity contribution is 0.0811. The smallest absolute Gasteiger partial charge is 0.293 e. The van der Waals surface area contributed by atoms with Crippen LogP contribution < -0.4 is 16.2 Å². The maximum atomic E-state index is 13.3. The second-order valence-electron chi connectivity index (χ2n) is 10.1. The van der Waals surface area contributed by atoms with Crippen LogP contribution in [0.15, 0.2) is 77.7 Å². The summed E-state index contributed by atoms with van der Waals surface area (Å²) in [6, 6.07) is 21.8. The molecule has 1 aromatic heterocycles. The van der Waals surface area contributed by atoms with E-state index in [4.69, 9.17) is 5.26 Å². The van der Waals surface area contributed by atoms with Crippen LogP contribution in [0.2, 0.25) is 0 Å². The van der Waals surface area contributed by atoms with Crippen molar-refractivity contribution in [2.24, 2.45) is 7.05 Å². The van der Waals surface area contributed by atoms with Gasteiger partial charge in [-0.25, -0.2) is 4.98 Å². The summed E-state index contributed by atoms with van der Waals surface area (Å²) in [7, 11) is 3.21. The van der Waals surface area contributed by atoms with Crippen molar-refractivity contribution in [2.45, 2.75) is 33.1 Å². The molecule has 0 aliphatic carbocycles. The summed E-state index contributed by atoms with van der Waals surface area (Å²) in [4.78, 5) is 44.6. The van der Waals surface area contributed by atoms with Gasteiger partial charge in [0, 0.05) is 48.4 Å². The molecule has 0 bridgehead atoms. The molecule has 0 atom stereocenters. The molecule has 0 spiro atoms. The maximum Gasteiger partial charge on any atom is 0.293 e. The third-order valence-electron chi connectivity index (χ3n) is 7.04. The first kappa shape index (κ1) is 29.7. The Kier molecular flexibility index (Phi) is 9.50. The van der Waals surface area contributed by atoms with Gasteiger partial charge in [0.2, 0.25) is 0 Å². The lowest BCUT2D eigenvalue weighted by Crippen LogP contribution is -2.26. The monoisotopic (exact) mass is 562 g/mol. The van der Waals surface area contributed by atoms with Crippen molar-refractivity contribution in [3.63, 3.8) is 0 Å². The molecule has 0 radical (unpaired) electrons. The first-order valence-corrected chi connectivity index (χ1v) is 13.8. The van der Waals surface area contributed by atoms with Crippen molar-refractivity contribution < 1.29 is 9.59 Å². The van der Waals surface area contributed by atoms with Gasteiger partial charge in [0.15, 0.2) is 5.82 Å². The van der Waals surface area contributed by atoms with Crippen LogP contribution >= 0.6 is 0 Å². The van der Waals surface area contributed by atoms with Gasteiger partial charge in [-0.15, -0.1) is 0 Å². The summed E-state index contributed by atoms with van der Waals surface area (Å²) < 4.78 is 1.45. The topological polar surface area (TPSA) is 120 Å². The molecule has 3 aromatic carbocycles. The van der Waals surface area contributed by atoms with E-state index < -0.39 is 0 Å². The maximum absolute atomic E-state index is 13.3. The molecule has 0 unspecified atom stereocenters. The van der Waals surface area contributed by atoms with Gasteiger partial charge in [-0.3, -0.25) is 14.4 Å². The predicted molar refractivity (Wildman–Crippen MR) is 165 cm³/mol. The Bertz CT molecular complexity index is 1700. The fourth-order valence-corrected chi connectivity index (χ4v) is 4.61. The second kappa shape index (κ2) is 13.4. The number of aromatic nitrogens is 2. The molecule has 2 N–H and O–H groups in total. The molecule has 0 fully saturated rings. The number of hydrogen-bond acceptors (Lipinski definition) is 6. The molecular weight excluding hydrogens is 528 g/mol. The summed E-state index contributed by atoms with van der Waals surface area (Å²) in [6.07, 6.45) is 4.56. The highest BCUT2D eigenvalue weighted by Crippen LogP contribution is 2.28. The summed E-state index contributed by atoms with van der Waals surface area (Å²) in [5, 5.41) is 15.0.